The van der Waals surface area contributed by atoms with Gasteiger partial charge in [-0.2, -0.15) is 0 Å². The molecule has 1 fully saturated rings. The molecular formula is C16H22N3O4P. The van der Waals surface area contributed by atoms with Crippen molar-refractivity contribution in [1.29, 1.82) is 0 Å². The molecule has 1 aromatic heterocycles. The Labute approximate surface area is 140 Å². The van der Waals surface area contributed by atoms with Gasteiger partial charge in [-0.1, -0.05) is 0 Å². The molecule has 3 rings (SSSR count). The molecule has 24 heavy (non-hydrogen) atoms. The van der Waals surface area contributed by atoms with Gasteiger partial charge < -0.3 is 19.8 Å². The maximum absolute atomic E-state index is 11.0. The number of hydrogen-bond acceptors (Lipinski definition) is 5. The normalized spacial score (nSPS) is 16.7. The van der Waals surface area contributed by atoms with E-state index < -0.39 is 7.60 Å². The van der Waals surface area contributed by atoms with E-state index in [4.69, 9.17) is 9.79 Å². The molecule has 0 unspecified atom stereocenters. The van der Waals surface area contributed by atoms with Crippen LogP contribution in [-0.2, 0) is 4.57 Å². The van der Waals surface area contributed by atoms with Gasteiger partial charge in [0.1, 0.15) is 17.9 Å². The lowest BCUT2D eigenvalue weighted by Gasteiger charge is -2.33. The third-order valence-electron chi connectivity index (χ3n) is 4.67. The average Bonchev–Trinajstić information content (AvgIpc) is 2.53. The lowest BCUT2D eigenvalue weighted by atomic mass is 9.94. The van der Waals surface area contributed by atoms with E-state index in [1.54, 1.807) is 6.07 Å². The summed E-state index contributed by atoms with van der Waals surface area (Å²) in [5.74, 6) is 1.37. The minimum atomic E-state index is -3.91. The molecule has 3 N–H and O–H groups in total. The van der Waals surface area contributed by atoms with Gasteiger partial charge >= 0.3 is 7.60 Å². The van der Waals surface area contributed by atoms with Crippen LogP contribution < -0.4 is 4.90 Å². The summed E-state index contributed by atoms with van der Waals surface area (Å²) in [6.07, 6.45) is 3.81. The van der Waals surface area contributed by atoms with Gasteiger partial charge in [-0.15, -0.1) is 0 Å². The third-order valence-corrected chi connectivity index (χ3v) is 5.52. The second-order valence-electron chi connectivity index (χ2n) is 6.46. The van der Waals surface area contributed by atoms with Crippen molar-refractivity contribution in [2.24, 2.45) is 5.92 Å². The van der Waals surface area contributed by atoms with Crippen molar-refractivity contribution >= 4 is 24.3 Å². The van der Waals surface area contributed by atoms with Crippen molar-refractivity contribution in [2.75, 3.05) is 24.2 Å². The van der Waals surface area contributed by atoms with E-state index in [0.29, 0.717) is 12.3 Å². The largest absolute Gasteiger partial charge is 0.508 e. The molecule has 0 aliphatic carbocycles. The summed E-state index contributed by atoms with van der Waals surface area (Å²) < 4.78 is 11.0. The number of phenolic OH excluding ortho intramolecular Hbond substituents is 1. The Morgan fingerprint density at radius 2 is 1.96 bits per heavy atom. The van der Waals surface area contributed by atoms with Crippen LogP contribution in [0.4, 0.5) is 5.82 Å². The van der Waals surface area contributed by atoms with E-state index in [1.807, 2.05) is 13.0 Å². The first-order valence-corrected chi connectivity index (χ1v) is 9.87. The first kappa shape index (κ1) is 17.1. The van der Waals surface area contributed by atoms with Crippen LogP contribution in [0, 0.1) is 12.8 Å². The van der Waals surface area contributed by atoms with Crippen LogP contribution in [0.25, 0.3) is 10.9 Å². The number of anilines is 1. The number of fused-ring (bicyclic) bond motifs is 1. The molecule has 0 spiro atoms. The summed E-state index contributed by atoms with van der Waals surface area (Å²) in [4.78, 5) is 28.8. The molecule has 1 aliphatic heterocycles. The maximum Gasteiger partial charge on any atom is 0.325 e. The van der Waals surface area contributed by atoms with Crippen LogP contribution >= 0.6 is 7.60 Å². The zero-order valence-corrected chi connectivity index (χ0v) is 14.5. The van der Waals surface area contributed by atoms with E-state index >= 15 is 0 Å². The third kappa shape index (κ3) is 3.86. The molecule has 8 heteroatoms. The lowest BCUT2D eigenvalue weighted by molar-refractivity contribution is 0.350. The lowest BCUT2D eigenvalue weighted by Crippen LogP contribution is -2.34. The smallest absolute Gasteiger partial charge is 0.325 e. The number of rotatable bonds is 4. The number of piperidine rings is 1. The van der Waals surface area contributed by atoms with E-state index in [2.05, 4.69) is 14.9 Å². The molecule has 7 nitrogen and oxygen atoms in total. The topological polar surface area (TPSA) is 107 Å². The van der Waals surface area contributed by atoms with Gasteiger partial charge in [0.25, 0.3) is 0 Å². The number of hydrogen-bond donors (Lipinski definition) is 3. The molecule has 1 saturated heterocycles. The molecular weight excluding hydrogens is 329 g/mol. The summed E-state index contributed by atoms with van der Waals surface area (Å²) in [6.45, 7) is 3.40. The molecule has 130 valence electrons. The number of aromatic hydroxyl groups is 1. The fourth-order valence-corrected chi connectivity index (χ4v) is 3.92. The molecule has 2 heterocycles. The number of aryl methyl sites for hydroxylation is 1. The van der Waals surface area contributed by atoms with Crippen LogP contribution in [-0.4, -0.2) is 44.1 Å². The summed E-state index contributed by atoms with van der Waals surface area (Å²) >= 11 is 0. The van der Waals surface area contributed by atoms with Gasteiger partial charge in [0.15, 0.2) is 0 Å². The van der Waals surface area contributed by atoms with Crippen LogP contribution in [0.2, 0.25) is 0 Å². The highest BCUT2D eigenvalue weighted by Gasteiger charge is 2.24. The molecule has 0 bridgehead atoms. The highest BCUT2D eigenvalue weighted by atomic mass is 31.2. The van der Waals surface area contributed by atoms with Crippen LogP contribution in [0.3, 0.4) is 0 Å². The highest BCUT2D eigenvalue weighted by molar-refractivity contribution is 7.51. The summed E-state index contributed by atoms with van der Waals surface area (Å²) in [5, 5.41) is 10.8. The Hall–Kier alpha value is -1.69. The van der Waals surface area contributed by atoms with Gasteiger partial charge in [-0.3, -0.25) is 4.57 Å². The molecule has 2 aromatic rings. The van der Waals surface area contributed by atoms with Crippen molar-refractivity contribution in [3.05, 3.63) is 24.0 Å². The first-order valence-electron chi connectivity index (χ1n) is 8.07. The molecule has 0 radical (unpaired) electrons. The summed E-state index contributed by atoms with van der Waals surface area (Å²) in [5.41, 5.74) is 1.59. The van der Waals surface area contributed by atoms with E-state index in [9.17, 15) is 9.67 Å². The van der Waals surface area contributed by atoms with Crippen molar-refractivity contribution in [3.63, 3.8) is 0 Å². The molecule has 1 aliphatic rings. The van der Waals surface area contributed by atoms with Crippen molar-refractivity contribution < 1.29 is 19.5 Å². The fraction of sp³-hybridized carbons (Fsp3) is 0.500. The van der Waals surface area contributed by atoms with E-state index in [1.165, 1.54) is 6.33 Å². The Balaban J connectivity index is 1.74. The van der Waals surface area contributed by atoms with Crippen molar-refractivity contribution in [3.8, 4) is 5.75 Å². The fourth-order valence-electron chi connectivity index (χ4n) is 3.22. The van der Waals surface area contributed by atoms with Crippen LogP contribution in [0.15, 0.2) is 18.5 Å². The Morgan fingerprint density at radius 3 is 2.62 bits per heavy atom. The SMILES string of the molecule is Cc1cc2ncnc(N3CCC(CCP(=O)(O)O)CC3)c2cc1O. The van der Waals surface area contributed by atoms with Gasteiger partial charge in [0.2, 0.25) is 0 Å². The van der Waals surface area contributed by atoms with Crippen LogP contribution in [0.5, 0.6) is 5.75 Å². The zero-order chi connectivity index (χ0) is 17.3. The van der Waals surface area contributed by atoms with E-state index in [0.717, 1.165) is 48.2 Å². The van der Waals surface area contributed by atoms with Gasteiger partial charge in [0.05, 0.1) is 11.7 Å². The first-order chi connectivity index (χ1) is 11.3. The Morgan fingerprint density at radius 1 is 1.25 bits per heavy atom. The second-order valence-corrected chi connectivity index (χ2v) is 8.24. The van der Waals surface area contributed by atoms with Gasteiger partial charge in [-0.25, -0.2) is 9.97 Å². The minimum absolute atomic E-state index is 0.0404. The predicted molar refractivity (Wildman–Crippen MR) is 92.4 cm³/mol. The Kier molecular flexibility index (Phi) is 4.76. The van der Waals surface area contributed by atoms with E-state index in [-0.39, 0.29) is 11.9 Å². The summed E-state index contributed by atoms with van der Waals surface area (Å²) in [7, 11) is -3.91. The number of phenols is 1. The molecule has 0 amide bonds. The quantitative estimate of drug-likeness (QED) is 0.726. The van der Waals surface area contributed by atoms with Crippen molar-refractivity contribution in [2.45, 2.75) is 26.2 Å². The van der Waals surface area contributed by atoms with Gasteiger partial charge in [-0.05, 0) is 49.8 Å². The van der Waals surface area contributed by atoms with Crippen LogP contribution in [0.1, 0.15) is 24.8 Å². The monoisotopic (exact) mass is 351 g/mol. The molecule has 0 saturated carbocycles. The number of benzene rings is 1. The average molecular weight is 351 g/mol. The standard InChI is InChI=1S/C16H22N3O4P/c1-11-8-14-13(9-15(11)20)16(18-10-17-14)19-5-2-12(3-6-19)4-7-24(21,22)23/h8-10,12,20H,2-7H2,1H3,(H2,21,22,23). The second kappa shape index (κ2) is 6.67. The number of aromatic nitrogens is 2. The predicted octanol–water partition coefficient (Wildman–Crippen LogP) is 2.43. The Bertz CT molecular complexity index is 784. The molecule has 0 atom stereocenters. The van der Waals surface area contributed by atoms with Crippen molar-refractivity contribution in [1.82, 2.24) is 9.97 Å². The van der Waals surface area contributed by atoms with Gasteiger partial charge in [0, 0.05) is 18.5 Å². The summed E-state index contributed by atoms with van der Waals surface area (Å²) in [6, 6.07) is 3.56. The minimum Gasteiger partial charge on any atom is -0.508 e. The zero-order valence-electron chi connectivity index (χ0n) is 13.6. The highest BCUT2D eigenvalue weighted by Crippen LogP contribution is 2.38. The number of nitrogens with zero attached hydrogens (tertiary/aromatic N) is 3. The molecule has 1 aromatic carbocycles. The maximum atomic E-state index is 11.0.